The van der Waals surface area contributed by atoms with Crippen LogP contribution in [0.2, 0.25) is 5.02 Å². The van der Waals surface area contributed by atoms with Gasteiger partial charge in [0.25, 0.3) is 5.91 Å². The number of carbonyl (C=O) groups excluding carboxylic acids is 1. The molecule has 0 N–H and O–H groups in total. The highest BCUT2D eigenvalue weighted by atomic mass is 35.5. The predicted molar refractivity (Wildman–Crippen MR) is 124 cm³/mol. The summed E-state index contributed by atoms with van der Waals surface area (Å²) in [6, 6.07) is 20.8. The normalized spacial score (nSPS) is 15.1. The van der Waals surface area contributed by atoms with E-state index in [1.54, 1.807) is 18.2 Å². The summed E-state index contributed by atoms with van der Waals surface area (Å²) in [6.45, 7) is 0.413. The molecule has 1 aliphatic rings. The number of hydrogen-bond acceptors (Lipinski definition) is 4. The first-order valence-electron chi connectivity index (χ1n) is 9.01. The van der Waals surface area contributed by atoms with Gasteiger partial charge in [0.1, 0.15) is 18.2 Å². The Morgan fingerprint density at radius 1 is 1.07 bits per heavy atom. The van der Waals surface area contributed by atoms with Gasteiger partial charge in [-0.05, 0) is 53.6 Å². The molecule has 1 heterocycles. The van der Waals surface area contributed by atoms with Crippen LogP contribution < -0.4 is 9.64 Å². The van der Waals surface area contributed by atoms with Gasteiger partial charge in [-0.3, -0.25) is 9.69 Å². The van der Waals surface area contributed by atoms with Crippen molar-refractivity contribution in [2.45, 2.75) is 6.61 Å². The van der Waals surface area contributed by atoms with Crippen LogP contribution in [-0.2, 0) is 11.4 Å². The van der Waals surface area contributed by atoms with Crippen LogP contribution in [0.5, 0.6) is 5.75 Å². The summed E-state index contributed by atoms with van der Waals surface area (Å²) in [5, 5.41) is 0.452. The number of thiocarbonyl (C=S) groups is 1. The van der Waals surface area contributed by atoms with Gasteiger partial charge < -0.3 is 4.74 Å². The summed E-state index contributed by atoms with van der Waals surface area (Å²) in [5.41, 5.74) is 2.33. The number of ether oxygens (including phenoxy) is 1. The Labute approximate surface area is 188 Å². The maximum absolute atomic E-state index is 13.2. The van der Waals surface area contributed by atoms with Gasteiger partial charge in [-0.15, -0.1) is 0 Å². The number of thioether (sulfide) groups is 1. The molecular formula is C23H15ClFNO2S2. The van der Waals surface area contributed by atoms with Crippen LogP contribution in [0.25, 0.3) is 6.08 Å². The maximum Gasteiger partial charge on any atom is 0.270 e. The molecule has 1 saturated heterocycles. The summed E-state index contributed by atoms with van der Waals surface area (Å²) in [6.07, 6.45) is 1.73. The first-order valence-corrected chi connectivity index (χ1v) is 10.6. The minimum Gasteiger partial charge on any atom is -0.487 e. The van der Waals surface area contributed by atoms with Crippen LogP contribution >= 0.6 is 35.6 Å². The Balaban J connectivity index is 1.50. The highest BCUT2D eigenvalue weighted by molar-refractivity contribution is 8.27. The predicted octanol–water partition coefficient (Wildman–Crippen LogP) is 6.46. The molecule has 3 aromatic rings. The SMILES string of the molecule is O=C1C(=Cc2ccc(OCc3ccccc3)c(Cl)c2)SC(=S)N1c1ccc(F)cc1. The second kappa shape index (κ2) is 9.00. The summed E-state index contributed by atoms with van der Waals surface area (Å²) in [4.78, 5) is 14.7. The van der Waals surface area contributed by atoms with Crippen molar-refractivity contribution in [1.29, 1.82) is 0 Å². The van der Waals surface area contributed by atoms with Crippen molar-refractivity contribution in [3.05, 3.63) is 99.7 Å². The second-order valence-electron chi connectivity index (χ2n) is 6.46. The Morgan fingerprint density at radius 2 is 1.80 bits per heavy atom. The molecule has 3 aromatic carbocycles. The fraction of sp³-hybridized carbons (Fsp3) is 0.0435. The zero-order chi connectivity index (χ0) is 21.1. The third-order valence-corrected chi connectivity index (χ3v) is 5.97. The van der Waals surface area contributed by atoms with E-state index in [-0.39, 0.29) is 11.7 Å². The van der Waals surface area contributed by atoms with Crippen molar-refractivity contribution in [2.24, 2.45) is 0 Å². The van der Waals surface area contributed by atoms with E-state index in [1.165, 1.54) is 40.9 Å². The largest absolute Gasteiger partial charge is 0.487 e. The van der Waals surface area contributed by atoms with E-state index in [4.69, 9.17) is 28.6 Å². The highest BCUT2D eigenvalue weighted by Crippen LogP contribution is 2.37. The van der Waals surface area contributed by atoms with Gasteiger partial charge in [0.15, 0.2) is 4.32 Å². The number of carbonyl (C=O) groups is 1. The van der Waals surface area contributed by atoms with Crippen LogP contribution in [0.3, 0.4) is 0 Å². The van der Waals surface area contributed by atoms with Gasteiger partial charge >= 0.3 is 0 Å². The molecule has 3 nitrogen and oxygen atoms in total. The molecule has 0 radical (unpaired) electrons. The maximum atomic E-state index is 13.2. The molecule has 0 saturated carbocycles. The van der Waals surface area contributed by atoms with E-state index in [1.807, 2.05) is 36.4 Å². The molecule has 1 fully saturated rings. The van der Waals surface area contributed by atoms with Gasteiger partial charge in [-0.25, -0.2) is 4.39 Å². The summed E-state index contributed by atoms with van der Waals surface area (Å²) in [5.74, 6) is -0.0578. The van der Waals surface area contributed by atoms with E-state index in [9.17, 15) is 9.18 Å². The molecule has 1 amide bonds. The average Bonchev–Trinajstić information content (AvgIpc) is 3.02. The topological polar surface area (TPSA) is 29.5 Å². The molecule has 0 unspecified atom stereocenters. The lowest BCUT2D eigenvalue weighted by Gasteiger charge is -2.14. The van der Waals surface area contributed by atoms with Gasteiger partial charge in [-0.2, -0.15) is 0 Å². The molecule has 7 heteroatoms. The quantitative estimate of drug-likeness (QED) is 0.326. The summed E-state index contributed by atoms with van der Waals surface area (Å²) in [7, 11) is 0. The molecule has 4 rings (SSSR count). The number of halogens is 2. The third-order valence-electron chi connectivity index (χ3n) is 4.37. The van der Waals surface area contributed by atoms with Crippen molar-refractivity contribution in [3.8, 4) is 5.75 Å². The Kier molecular flexibility index (Phi) is 6.18. The van der Waals surface area contributed by atoms with Gasteiger partial charge in [0, 0.05) is 0 Å². The molecular weight excluding hydrogens is 441 g/mol. The summed E-state index contributed by atoms with van der Waals surface area (Å²) < 4.78 is 19.4. The molecule has 0 aromatic heterocycles. The smallest absolute Gasteiger partial charge is 0.270 e. The number of benzene rings is 3. The van der Waals surface area contributed by atoms with Crippen molar-refractivity contribution in [3.63, 3.8) is 0 Å². The van der Waals surface area contributed by atoms with Crippen LogP contribution in [0.1, 0.15) is 11.1 Å². The third kappa shape index (κ3) is 4.56. The Bertz CT molecular complexity index is 1130. The van der Waals surface area contributed by atoms with Gasteiger partial charge in [0.2, 0.25) is 0 Å². The average molecular weight is 456 g/mol. The van der Waals surface area contributed by atoms with Gasteiger partial charge in [-0.1, -0.05) is 72.0 Å². The fourth-order valence-electron chi connectivity index (χ4n) is 2.89. The number of rotatable bonds is 5. The Hall–Kier alpha value is -2.67. The monoisotopic (exact) mass is 455 g/mol. The lowest BCUT2D eigenvalue weighted by molar-refractivity contribution is -0.113. The van der Waals surface area contributed by atoms with E-state index in [0.29, 0.717) is 32.3 Å². The fourth-order valence-corrected chi connectivity index (χ4v) is 4.43. The van der Waals surface area contributed by atoms with Crippen molar-refractivity contribution in [1.82, 2.24) is 0 Å². The van der Waals surface area contributed by atoms with Crippen LogP contribution in [0, 0.1) is 5.82 Å². The zero-order valence-corrected chi connectivity index (χ0v) is 17.9. The van der Waals surface area contributed by atoms with E-state index < -0.39 is 0 Å². The molecule has 0 bridgehead atoms. The Morgan fingerprint density at radius 3 is 2.50 bits per heavy atom. The van der Waals surface area contributed by atoms with Gasteiger partial charge in [0.05, 0.1) is 15.6 Å². The molecule has 150 valence electrons. The van der Waals surface area contributed by atoms with Crippen molar-refractivity contribution in [2.75, 3.05) is 4.90 Å². The molecule has 0 spiro atoms. The highest BCUT2D eigenvalue weighted by Gasteiger charge is 2.33. The number of nitrogens with zero attached hydrogens (tertiary/aromatic N) is 1. The lowest BCUT2D eigenvalue weighted by Crippen LogP contribution is -2.27. The molecule has 0 atom stereocenters. The molecule has 1 aliphatic heterocycles. The van der Waals surface area contributed by atoms with Crippen LogP contribution in [0.15, 0.2) is 77.7 Å². The zero-order valence-electron chi connectivity index (χ0n) is 15.5. The minimum atomic E-state index is -0.371. The first kappa shape index (κ1) is 20.6. The minimum absolute atomic E-state index is 0.253. The van der Waals surface area contributed by atoms with Crippen LogP contribution in [0.4, 0.5) is 10.1 Å². The number of hydrogen-bond donors (Lipinski definition) is 0. The number of anilines is 1. The molecule has 0 aliphatic carbocycles. The standard InChI is InChI=1S/C23H15ClFNO2S2/c24-19-12-16(6-11-20(19)28-14-15-4-2-1-3-5-15)13-21-22(27)26(23(29)30-21)18-9-7-17(25)8-10-18/h1-13H,14H2. The van der Waals surface area contributed by atoms with Crippen molar-refractivity contribution < 1.29 is 13.9 Å². The lowest BCUT2D eigenvalue weighted by atomic mass is 10.2. The van der Waals surface area contributed by atoms with E-state index in [0.717, 1.165) is 11.1 Å². The second-order valence-corrected chi connectivity index (χ2v) is 8.54. The summed E-state index contributed by atoms with van der Waals surface area (Å²) >= 11 is 12.9. The first-order chi connectivity index (χ1) is 14.5. The van der Waals surface area contributed by atoms with E-state index in [2.05, 4.69) is 0 Å². The number of amides is 1. The van der Waals surface area contributed by atoms with Crippen molar-refractivity contribution >= 4 is 57.6 Å². The van der Waals surface area contributed by atoms with E-state index >= 15 is 0 Å². The van der Waals surface area contributed by atoms with Crippen LogP contribution in [-0.4, -0.2) is 10.2 Å². The molecule has 30 heavy (non-hydrogen) atoms.